The van der Waals surface area contributed by atoms with Gasteiger partial charge in [-0.05, 0) is 12.1 Å². The quantitative estimate of drug-likeness (QED) is 0.873. The first-order valence-corrected chi connectivity index (χ1v) is 7.48. The van der Waals surface area contributed by atoms with Crippen molar-refractivity contribution >= 4 is 11.7 Å². The average Bonchev–Trinajstić information content (AvgIpc) is 2.63. The molecule has 4 nitrogen and oxygen atoms in total. The minimum absolute atomic E-state index is 0.262. The van der Waals surface area contributed by atoms with E-state index >= 15 is 0 Å². The van der Waals surface area contributed by atoms with E-state index in [2.05, 4.69) is 4.98 Å². The third-order valence-electron chi connectivity index (χ3n) is 3.95. The van der Waals surface area contributed by atoms with Crippen LogP contribution in [0.1, 0.15) is 5.56 Å². The molecule has 23 heavy (non-hydrogen) atoms. The predicted octanol–water partition coefficient (Wildman–Crippen LogP) is 2.52. The molecule has 1 aromatic carbocycles. The van der Waals surface area contributed by atoms with Crippen LogP contribution in [0.2, 0.25) is 0 Å². The van der Waals surface area contributed by atoms with Gasteiger partial charge in [-0.2, -0.15) is 8.78 Å². The summed E-state index contributed by atoms with van der Waals surface area (Å²) in [6, 6.07) is 12.8. The topological polar surface area (TPSA) is 36.4 Å². The van der Waals surface area contributed by atoms with Gasteiger partial charge in [0.05, 0.1) is 0 Å². The van der Waals surface area contributed by atoms with Gasteiger partial charge in [0.2, 0.25) is 0 Å². The predicted molar refractivity (Wildman–Crippen MR) is 83.4 cm³/mol. The summed E-state index contributed by atoms with van der Waals surface area (Å²) in [6.45, 7) is 1.51. The Hall–Kier alpha value is -2.50. The lowest BCUT2D eigenvalue weighted by molar-refractivity contribution is -0.159. The molecule has 1 saturated heterocycles. The smallest absolute Gasteiger partial charge is 0.349 e. The molecule has 0 radical (unpaired) electrons. The fraction of sp³-hybridized carbons (Fsp3) is 0.294. The second-order valence-electron chi connectivity index (χ2n) is 5.41. The number of halogens is 2. The molecular formula is C17H17F2N3O. The van der Waals surface area contributed by atoms with Crippen LogP contribution in [0.25, 0.3) is 0 Å². The van der Waals surface area contributed by atoms with Crippen molar-refractivity contribution in [2.75, 3.05) is 31.1 Å². The van der Waals surface area contributed by atoms with Crippen molar-refractivity contribution in [2.45, 2.75) is 5.92 Å². The largest absolute Gasteiger partial charge is 0.353 e. The van der Waals surface area contributed by atoms with E-state index in [4.69, 9.17) is 0 Å². The number of aromatic nitrogens is 1. The van der Waals surface area contributed by atoms with Crippen molar-refractivity contribution in [1.29, 1.82) is 0 Å². The van der Waals surface area contributed by atoms with E-state index in [1.54, 1.807) is 12.3 Å². The summed E-state index contributed by atoms with van der Waals surface area (Å²) in [5.41, 5.74) is -0.267. The molecule has 0 spiro atoms. The fourth-order valence-electron chi connectivity index (χ4n) is 2.65. The van der Waals surface area contributed by atoms with Crippen LogP contribution >= 0.6 is 0 Å². The fourth-order valence-corrected chi connectivity index (χ4v) is 2.65. The summed E-state index contributed by atoms with van der Waals surface area (Å²) in [7, 11) is 0. The highest BCUT2D eigenvalue weighted by Crippen LogP contribution is 2.30. The van der Waals surface area contributed by atoms with E-state index < -0.39 is 11.8 Å². The summed E-state index contributed by atoms with van der Waals surface area (Å²) in [5.74, 6) is -3.83. The van der Waals surface area contributed by atoms with Crippen molar-refractivity contribution in [3.8, 4) is 0 Å². The Bertz CT molecular complexity index is 656. The van der Waals surface area contributed by atoms with Crippen molar-refractivity contribution < 1.29 is 13.6 Å². The number of hydrogen-bond acceptors (Lipinski definition) is 3. The Kier molecular flexibility index (Phi) is 4.23. The van der Waals surface area contributed by atoms with Crippen LogP contribution in [0.4, 0.5) is 14.6 Å². The molecule has 0 atom stereocenters. The van der Waals surface area contributed by atoms with E-state index in [9.17, 15) is 13.6 Å². The number of carbonyl (C=O) groups is 1. The number of amides is 1. The van der Waals surface area contributed by atoms with Gasteiger partial charge in [-0.3, -0.25) is 4.79 Å². The van der Waals surface area contributed by atoms with Crippen LogP contribution in [-0.4, -0.2) is 42.0 Å². The number of carbonyl (C=O) groups excluding carboxylic acids is 1. The summed E-state index contributed by atoms with van der Waals surface area (Å²) >= 11 is 0. The highest BCUT2D eigenvalue weighted by molar-refractivity contribution is 5.85. The maximum Gasteiger partial charge on any atom is 0.349 e. The van der Waals surface area contributed by atoms with E-state index in [1.807, 2.05) is 23.1 Å². The maximum atomic E-state index is 14.3. The second kappa shape index (κ2) is 6.32. The second-order valence-corrected chi connectivity index (χ2v) is 5.41. The zero-order chi connectivity index (χ0) is 16.3. The number of hydrogen-bond donors (Lipinski definition) is 0. The first-order chi connectivity index (χ1) is 11.1. The molecule has 3 rings (SSSR count). The van der Waals surface area contributed by atoms with Gasteiger partial charge in [0.15, 0.2) is 0 Å². The SMILES string of the molecule is O=C(N1CCN(c2ccccn2)CC1)C(F)(F)c1ccccc1. The molecule has 0 aliphatic carbocycles. The van der Waals surface area contributed by atoms with E-state index in [0.29, 0.717) is 13.1 Å². The molecule has 0 saturated carbocycles. The van der Waals surface area contributed by atoms with Crippen molar-refractivity contribution in [3.63, 3.8) is 0 Å². The summed E-state index contributed by atoms with van der Waals surface area (Å²) < 4.78 is 28.7. The minimum atomic E-state index is -3.49. The standard InChI is InChI=1S/C17H17F2N3O/c18-17(19,14-6-2-1-3-7-14)16(23)22-12-10-21(11-13-22)15-8-4-5-9-20-15/h1-9H,10-13H2. The number of benzene rings is 1. The molecule has 0 unspecified atom stereocenters. The van der Waals surface area contributed by atoms with Gasteiger partial charge in [-0.15, -0.1) is 0 Å². The molecule has 6 heteroatoms. The molecule has 2 aromatic rings. The Morgan fingerprint density at radius 2 is 1.61 bits per heavy atom. The molecule has 1 aliphatic heterocycles. The Balaban J connectivity index is 1.67. The number of pyridine rings is 1. The Morgan fingerprint density at radius 3 is 2.22 bits per heavy atom. The van der Waals surface area contributed by atoms with E-state index in [1.165, 1.54) is 29.2 Å². The van der Waals surface area contributed by atoms with Crippen LogP contribution in [0, 0.1) is 0 Å². The van der Waals surface area contributed by atoms with Gasteiger partial charge in [0.25, 0.3) is 5.91 Å². The molecule has 1 aromatic heterocycles. The maximum absolute atomic E-state index is 14.3. The third kappa shape index (κ3) is 3.16. The molecule has 0 N–H and O–H groups in total. The number of anilines is 1. The van der Waals surface area contributed by atoms with Crippen LogP contribution < -0.4 is 4.90 Å². The van der Waals surface area contributed by atoms with Crippen LogP contribution in [0.5, 0.6) is 0 Å². The van der Waals surface area contributed by atoms with Gasteiger partial charge in [-0.1, -0.05) is 36.4 Å². The van der Waals surface area contributed by atoms with Gasteiger partial charge in [0, 0.05) is 37.9 Å². The summed E-state index contributed by atoms with van der Waals surface area (Å²) in [4.78, 5) is 19.7. The van der Waals surface area contributed by atoms with Gasteiger partial charge in [-0.25, -0.2) is 4.98 Å². The molecule has 1 aliphatic rings. The number of rotatable bonds is 3. The molecule has 120 valence electrons. The average molecular weight is 317 g/mol. The molecule has 2 heterocycles. The Morgan fingerprint density at radius 1 is 0.957 bits per heavy atom. The van der Waals surface area contributed by atoms with Crippen LogP contribution in [0.15, 0.2) is 54.7 Å². The van der Waals surface area contributed by atoms with Crippen molar-refractivity contribution in [2.24, 2.45) is 0 Å². The zero-order valence-corrected chi connectivity index (χ0v) is 12.5. The number of nitrogens with zero attached hydrogens (tertiary/aromatic N) is 3. The summed E-state index contributed by atoms with van der Waals surface area (Å²) in [6.07, 6.45) is 1.69. The first kappa shape index (κ1) is 15.4. The molecule has 0 bridgehead atoms. The lowest BCUT2D eigenvalue weighted by Crippen LogP contribution is -2.52. The summed E-state index contributed by atoms with van der Waals surface area (Å²) in [5, 5.41) is 0. The van der Waals surface area contributed by atoms with Gasteiger partial charge >= 0.3 is 5.92 Å². The van der Waals surface area contributed by atoms with Crippen LogP contribution in [-0.2, 0) is 10.7 Å². The molecule has 1 fully saturated rings. The molecular weight excluding hydrogens is 300 g/mol. The number of alkyl halides is 2. The lowest BCUT2D eigenvalue weighted by Gasteiger charge is -2.36. The Labute approximate surface area is 133 Å². The lowest BCUT2D eigenvalue weighted by atomic mass is 10.1. The highest BCUT2D eigenvalue weighted by Gasteiger charge is 2.44. The zero-order valence-electron chi connectivity index (χ0n) is 12.5. The van der Waals surface area contributed by atoms with E-state index in [-0.39, 0.29) is 18.7 Å². The van der Waals surface area contributed by atoms with Crippen LogP contribution in [0.3, 0.4) is 0 Å². The monoisotopic (exact) mass is 317 g/mol. The number of piperazine rings is 1. The van der Waals surface area contributed by atoms with E-state index in [0.717, 1.165) is 5.82 Å². The van der Waals surface area contributed by atoms with Crippen molar-refractivity contribution in [3.05, 3.63) is 60.3 Å². The highest BCUT2D eigenvalue weighted by atomic mass is 19.3. The van der Waals surface area contributed by atoms with Gasteiger partial charge < -0.3 is 9.80 Å². The van der Waals surface area contributed by atoms with Crippen molar-refractivity contribution in [1.82, 2.24) is 9.88 Å². The minimum Gasteiger partial charge on any atom is -0.353 e. The molecule has 1 amide bonds. The first-order valence-electron chi connectivity index (χ1n) is 7.48. The third-order valence-corrected chi connectivity index (χ3v) is 3.95. The van der Waals surface area contributed by atoms with Gasteiger partial charge in [0.1, 0.15) is 5.82 Å². The normalized spacial score (nSPS) is 15.6.